The average Bonchev–Trinajstić information content (AvgIpc) is 2.33. The van der Waals surface area contributed by atoms with Gasteiger partial charge in [0.05, 0.1) is 5.02 Å². The summed E-state index contributed by atoms with van der Waals surface area (Å²) in [5.74, 6) is -0.129. The smallest absolute Gasteiger partial charge is 0.255 e. The first-order valence-corrected chi connectivity index (χ1v) is 6.98. The molecule has 2 aromatic carbocycles. The third-order valence-corrected chi connectivity index (χ3v) is 4.04. The van der Waals surface area contributed by atoms with Crippen molar-refractivity contribution in [3.8, 4) is 0 Å². The molecular formula is C15H13BrClNO. The van der Waals surface area contributed by atoms with Crippen molar-refractivity contribution in [2.75, 3.05) is 5.32 Å². The normalized spacial score (nSPS) is 10.3. The van der Waals surface area contributed by atoms with Gasteiger partial charge in [0.15, 0.2) is 0 Å². The Bertz CT molecular complexity index is 640. The molecule has 4 heteroatoms. The Morgan fingerprint density at radius 1 is 1.16 bits per heavy atom. The molecule has 1 N–H and O–H groups in total. The lowest BCUT2D eigenvalue weighted by Gasteiger charge is -2.09. The zero-order valence-electron chi connectivity index (χ0n) is 10.6. The van der Waals surface area contributed by atoms with Crippen LogP contribution in [0, 0.1) is 13.8 Å². The van der Waals surface area contributed by atoms with Crippen LogP contribution in [0.15, 0.2) is 40.9 Å². The predicted molar refractivity (Wildman–Crippen MR) is 83.0 cm³/mol. The molecule has 98 valence electrons. The van der Waals surface area contributed by atoms with Gasteiger partial charge in [0.1, 0.15) is 0 Å². The minimum Gasteiger partial charge on any atom is -0.322 e. The van der Waals surface area contributed by atoms with E-state index in [0.29, 0.717) is 16.3 Å². The average molecular weight is 339 g/mol. The highest BCUT2D eigenvalue weighted by molar-refractivity contribution is 9.10. The van der Waals surface area contributed by atoms with Crippen molar-refractivity contribution >= 4 is 39.1 Å². The number of halogens is 2. The Labute approximate surface area is 125 Å². The van der Waals surface area contributed by atoms with Gasteiger partial charge in [-0.2, -0.15) is 0 Å². The largest absolute Gasteiger partial charge is 0.322 e. The second-order valence-electron chi connectivity index (χ2n) is 4.40. The Hall–Kier alpha value is -1.32. The van der Waals surface area contributed by atoms with E-state index in [1.54, 1.807) is 18.2 Å². The molecular weight excluding hydrogens is 326 g/mol. The van der Waals surface area contributed by atoms with Crippen molar-refractivity contribution in [3.05, 3.63) is 62.6 Å². The van der Waals surface area contributed by atoms with Crippen LogP contribution in [0.3, 0.4) is 0 Å². The van der Waals surface area contributed by atoms with Gasteiger partial charge in [0, 0.05) is 15.7 Å². The molecule has 19 heavy (non-hydrogen) atoms. The molecule has 0 aliphatic heterocycles. The van der Waals surface area contributed by atoms with Crippen molar-refractivity contribution in [1.82, 2.24) is 0 Å². The summed E-state index contributed by atoms with van der Waals surface area (Å²) in [5.41, 5.74) is 3.45. The van der Waals surface area contributed by atoms with Gasteiger partial charge in [0.25, 0.3) is 5.91 Å². The van der Waals surface area contributed by atoms with Crippen LogP contribution in [0.4, 0.5) is 5.69 Å². The van der Waals surface area contributed by atoms with Gasteiger partial charge in [-0.3, -0.25) is 4.79 Å². The minimum atomic E-state index is -0.129. The minimum absolute atomic E-state index is 0.129. The SMILES string of the molecule is Cc1ccc(C(=O)Nc2ccc(Br)c(Cl)c2)c(C)c1. The zero-order chi connectivity index (χ0) is 14.0. The second kappa shape index (κ2) is 5.76. The Morgan fingerprint density at radius 3 is 2.53 bits per heavy atom. The highest BCUT2D eigenvalue weighted by Gasteiger charge is 2.09. The Morgan fingerprint density at radius 2 is 1.89 bits per heavy atom. The molecule has 0 saturated heterocycles. The van der Waals surface area contributed by atoms with E-state index in [2.05, 4.69) is 21.2 Å². The number of aryl methyl sites for hydroxylation is 2. The standard InChI is InChI=1S/C15H13BrClNO/c1-9-3-5-12(10(2)7-9)15(19)18-11-4-6-13(16)14(17)8-11/h3-8H,1-2H3,(H,18,19). The number of nitrogens with one attached hydrogen (secondary N) is 1. The second-order valence-corrected chi connectivity index (χ2v) is 5.66. The molecule has 0 unspecified atom stereocenters. The van der Waals surface area contributed by atoms with E-state index in [0.717, 1.165) is 15.6 Å². The molecule has 2 rings (SSSR count). The monoisotopic (exact) mass is 337 g/mol. The van der Waals surface area contributed by atoms with Gasteiger partial charge in [-0.1, -0.05) is 29.3 Å². The number of amides is 1. The third-order valence-electron chi connectivity index (χ3n) is 2.80. The molecule has 2 nitrogen and oxygen atoms in total. The highest BCUT2D eigenvalue weighted by atomic mass is 79.9. The third kappa shape index (κ3) is 3.37. The zero-order valence-corrected chi connectivity index (χ0v) is 13.0. The lowest BCUT2D eigenvalue weighted by atomic mass is 10.1. The first-order valence-electron chi connectivity index (χ1n) is 5.81. The van der Waals surface area contributed by atoms with Crippen LogP contribution in [0.25, 0.3) is 0 Å². The molecule has 0 atom stereocenters. The molecule has 0 spiro atoms. The summed E-state index contributed by atoms with van der Waals surface area (Å²) in [7, 11) is 0. The van der Waals surface area contributed by atoms with Gasteiger partial charge in [0.2, 0.25) is 0 Å². The van der Waals surface area contributed by atoms with Crippen LogP contribution in [0.2, 0.25) is 5.02 Å². The first kappa shape index (κ1) is 14.1. The van der Waals surface area contributed by atoms with Crippen LogP contribution in [0.1, 0.15) is 21.5 Å². The highest BCUT2D eigenvalue weighted by Crippen LogP contribution is 2.26. The number of anilines is 1. The Kier molecular flexibility index (Phi) is 4.27. The van der Waals surface area contributed by atoms with E-state index >= 15 is 0 Å². The van der Waals surface area contributed by atoms with Gasteiger partial charge < -0.3 is 5.32 Å². The molecule has 1 amide bonds. The summed E-state index contributed by atoms with van der Waals surface area (Å²) in [4.78, 5) is 12.2. The number of hydrogen-bond donors (Lipinski definition) is 1. The lowest BCUT2D eigenvalue weighted by molar-refractivity contribution is 0.102. The van der Waals surface area contributed by atoms with Crippen LogP contribution >= 0.6 is 27.5 Å². The summed E-state index contributed by atoms with van der Waals surface area (Å²) in [6, 6.07) is 11.1. The van der Waals surface area contributed by atoms with Crippen molar-refractivity contribution < 1.29 is 4.79 Å². The quantitative estimate of drug-likeness (QED) is 0.823. The van der Waals surface area contributed by atoms with Gasteiger partial charge >= 0.3 is 0 Å². The van der Waals surface area contributed by atoms with Crippen LogP contribution in [0.5, 0.6) is 0 Å². The number of carbonyl (C=O) groups excluding carboxylic acids is 1. The summed E-state index contributed by atoms with van der Waals surface area (Å²) >= 11 is 9.31. The molecule has 0 aliphatic rings. The maximum Gasteiger partial charge on any atom is 0.255 e. The Balaban J connectivity index is 2.23. The summed E-state index contributed by atoms with van der Waals surface area (Å²) < 4.78 is 0.804. The molecule has 0 radical (unpaired) electrons. The molecule has 0 heterocycles. The molecule has 0 fully saturated rings. The summed E-state index contributed by atoms with van der Waals surface area (Å²) in [6.07, 6.45) is 0. The van der Waals surface area contributed by atoms with Gasteiger partial charge in [-0.15, -0.1) is 0 Å². The lowest BCUT2D eigenvalue weighted by Crippen LogP contribution is -2.13. The number of rotatable bonds is 2. The van der Waals surface area contributed by atoms with E-state index in [1.807, 2.05) is 32.0 Å². The van der Waals surface area contributed by atoms with E-state index < -0.39 is 0 Å². The number of hydrogen-bond acceptors (Lipinski definition) is 1. The van der Waals surface area contributed by atoms with E-state index in [4.69, 9.17) is 11.6 Å². The van der Waals surface area contributed by atoms with Crippen molar-refractivity contribution in [3.63, 3.8) is 0 Å². The van der Waals surface area contributed by atoms with E-state index in [-0.39, 0.29) is 5.91 Å². The van der Waals surface area contributed by atoms with Crippen LogP contribution < -0.4 is 5.32 Å². The fourth-order valence-electron chi connectivity index (χ4n) is 1.84. The molecule has 0 bridgehead atoms. The fraction of sp³-hybridized carbons (Fsp3) is 0.133. The van der Waals surface area contributed by atoms with E-state index in [9.17, 15) is 4.79 Å². The fourth-order valence-corrected chi connectivity index (χ4v) is 2.27. The predicted octanol–water partition coefficient (Wildman–Crippen LogP) is 4.97. The van der Waals surface area contributed by atoms with Gasteiger partial charge in [-0.25, -0.2) is 0 Å². The number of carbonyl (C=O) groups is 1. The molecule has 0 saturated carbocycles. The maximum absolute atomic E-state index is 12.2. The van der Waals surface area contributed by atoms with Crippen LogP contribution in [-0.4, -0.2) is 5.91 Å². The van der Waals surface area contributed by atoms with Crippen molar-refractivity contribution in [2.24, 2.45) is 0 Å². The maximum atomic E-state index is 12.2. The summed E-state index contributed by atoms with van der Waals surface area (Å²) in [5, 5.41) is 3.41. The number of benzene rings is 2. The molecule has 2 aromatic rings. The first-order chi connectivity index (χ1) is 8.97. The van der Waals surface area contributed by atoms with Crippen LogP contribution in [-0.2, 0) is 0 Å². The van der Waals surface area contributed by atoms with Crippen molar-refractivity contribution in [1.29, 1.82) is 0 Å². The molecule has 0 aliphatic carbocycles. The topological polar surface area (TPSA) is 29.1 Å². The van der Waals surface area contributed by atoms with E-state index in [1.165, 1.54) is 0 Å². The summed E-state index contributed by atoms with van der Waals surface area (Å²) in [6.45, 7) is 3.93. The van der Waals surface area contributed by atoms with Crippen molar-refractivity contribution in [2.45, 2.75) is 13.8 Å². The van der Waals surface area contributed by atoms with Gasteiger partial charge in [-0.05, 0) is 59.6 Å². The molecule has 0 aromatic heterocycles.